The molecular weight excluding hydrogens is 477 g/mol. The summed E-state index contributed by atoms with van der Waals surface area (Å²) in [6, 6.07) is 12.6. The lowest BCUT2D eigenvalue weighted by molar-refractivity contribution is 0.0922. The number of amides is 1. The fraction of sp³-hybridized carbons (Fsp3) is 0.444. The van der Waals surface area contributed by atoms with E-state index in [0.717, 1.165) is 50.0 Å². The van der Waals surface area contributed by atoms with E-state index in [9.17, 15) is 9.18 Å². The zero-order valence-electron chi connectivity index (χ0n) is 20.7. The van der Waals surface area contributed by atoms with Gasteiger partial charge in [0, 0.05) is 44.5 Å². The van der Waals surface area contributed by atoms with Crippen molar-refractivity contribution >= 4 is 29.2 Å². The van der Waals surface area contributed by atoms with Crippen LogP contribution in [0.2, 0.25) is 0 Å². The number of para-hydroxylation sites is 1. The van der Waals surface area contributed by atoms with Crippen LogP contribution in [0, 0.1) is 11.7 Å². The molecule has 5 rings (SSSR count). The van der Waals surface area contributed by atoms with Crippen molar-refractivity contribution in [2.24, 2.45) is 5.92 Å². The summed E-state index contributed by atoms with van der Waals surface area (Å²) in [4.78, 5) is 26.2. The zero-order valence-corrected chi connectivity index (χ0v) is 21.6. The minimum absolute atomic E-state index is 0.159. The second-order valence-corrected chi connectivity index (χ2v) is 10.7. The van der Waals surface area contributed by atoms with E-state index in [2.05, 4.69) is 35.0 Å². The molecule has 1 saturated heterocycles. The monoisotopic (exact) mass is 509 g/mol. The Hall–Kier alpha value is -3.07. The van der Waals surface area contributed by atoms with Gasteiger partial charge in [-0.05, 0) is 48.9 Å². The molecule has 1 amide bonds. The third-order valence-corrected chi connectivity index (χ3v) is 7.45. The van der Waals surface area contributed by atoms with Crippen LogP contribution in [0.4, 0.5) is 15.9 Å². The van der Waals surface area contributed by atoms with Crippen molar-refractivity contribution in [1.29, 1.82) is 0 Å². The Kier molecular flexibility index (Phi) is 7.46. The van der Waals surface area contributed by atoms with Crippen molar-refractivity contribution in [3.63, 3.8) is 0 Å². The molecule has 0 bridgehead atoms. The van der Waals surface area contributed by atoms with E-state index in [1.807, 2.05) is 18.2 Å². The molecule has 2 aromatic heterocycles. The highest BCUT2D eigenvalue weighted by molar-refractivity contribution is 7.98. The quantitative estimate of drug-likeness (QED) is 0.318. The number of carbonyl (C=O) groups excluding carboxylic acids is 1. The fourth-order valence-electron chi connectivity index (χ4n) is 4.20. The Bertz CT molecular complexity index is 1200. The molecule has 1 saturated carbocycles. The number of anilines is 2. The van der Waals surface area contributed by atoms with E-state index in [1.165, 1.54) is 30.7 Å². The van der Waals surface area contributed by atoms with Crippen LogP contribution in [0.1, 0.15) is 54.6 Å². The minimum atomic E-state index is -0.185. The number of carbonyl (C=O) groups is 1. The van der Waals surface area contributed by atoms with Crippen LogP contribution in [-0.2, 0) is 5.75 Å². The maximum atomic E-state index is 14.2. The van der Waals surface area contributed by atoms with E-state index in [1.54, 1.807) is 12.1 Å². The molecule has 7 nitrogen and oxygen atoms in total. The second kappa shape index (κ2) is 10.9. The molecule has 3 heterocycles. The minimum Gasteiger partial charge on any atom is -0.455 e. The molecule has 190 valence electrons. The van der Waals surface area contributed by atoms with Crippen LogP contribution >= 0.6 is 11.8 Å². The first-order valence-corrected chi connectivity index (χ1v) is 13.6. The summed E-state index contributed by atoms with van der Waals surface area (Å²) in [5.74, 6) is 3.04. The van der Waals surface area contributed by atoms with Crippen molar-refractivity contribution in [1.82, 2.24) is 15.3 Å². The molecule has 1 N–H and O–H groups in total. The van der Waals surface area contributed by atoms with Gasteiger partial charge < -0.3 is 19.5 Å². The van der Waals surface area contributed by atoms with Crippen LogP contribution in [0.3, 0.4) is 0 Å². The molecule has 1 aliphatic carbocycles. The van der Waals surface area contributed by atoms with Gasteiger partial charge in [0.05, 0.1) is 11.4 Å². The van der Waals surface area contributed by atoms with Gasteiger partial charge in [0.1, 0.15) is 17.4 Å². The fourth-order valence-corrected chi connectivity index (χ4v) is 4.95. The van der Waals surface area contributed by atoms with Gasteiger partial charge in [0.15, 0.2) is 10.9 Å². The normalized spacial score (nSPS) is 16.0. The largest absolute Gasteiger partial charge is 0.455 e. The zero-order chi connectivity index (χ0) is 25.1. The van der Waals surface area contributed by atoms with Gasteiger partial charge >= 0.3 is 0 Å². The Labute approximate surface area is 215 Å². The second-order valence-electron chi connectivity index (χ2n) is 9.72. The summed E-state index contributed by atoms with van der Waals surface area (Å²) in [5.41, 5.74) is 1.64. The average Bonchev–Trinajstić information content (AvgIpc) is 3.61. The summed E-state index contributed by atoms with van der Waals surface area (Å²) >= 11 is 1.50. The highest BCUT2D eigenvalue weighted by atomic mass is 32.2. The summed E-state index contributed by atoms with van der Waals surface area (Å²) < 4.78 is 20.0. The maximum Gasteiger partial charge on any atom is 0.287 e. The number of hydrogen-bond acceptors (Lipinski definition) is 7. The maximum absolute atomic E-state index is 14.2. The number of aromatic nitrogens is 2. The van der Waals surface area contributed by atoms with Crippen LogP contribution in [0.25, 0.3) is 0 Å². The van der Waals surface area contributed by atoms with Crippen molar-refractivity contribution in [2.75, 3.05) is 42.5 Å². The molecule has 36 heavy (non-hydrogen) atoms. The lowest BCUT2D eigenvalue weighted by atomic mass is 10.1. The van der Waals surface area contributed by atoms with Crippen molar-refractivity contribution in [2.45, 2.75) is 43.5 Å². The van der Waals surface area contributed by atoms with E-state index in [0.29, 0.717) is 28.3 Å². The van der Waals surface area contributed by atoms with Crippen LogP contribution in [0.15, 0.2) is 52.0 Å². The van der Waals surface area contributed by atoms with Gasteiger partial charge in [-0.15, -0.1) is 0 Å². The Balaban J connectivity index is 1.22. The first kappa shape index (κ1) is 24.6. The van der Waals surface area contributed by atoms with Crippen molar-refractivity contribution < 1.29 is 13.6 Å². The highest BCUT2D eigenvalue weighted by Crippen LogP contribution is 2.29. The van der Waals surface area contributed by atoms with E-state index in [4.69, 9.17) is 14.4 Å². The number of benzene rings is 1. The molecule has 1 aliphatic heterocycles. The molecule has 3 aromatic rings. The number of hydrogen-bond donors (Lipinski definition) is 1. The van der Waals surface area contributed by atoms with Gasteiger partial charge in [-0.25, -0.2) is 14.4 Å². The van der Waals surface area contributed by atoms with Gasteiger partial charge in [-0.2, -0.15) is 0 Å². The molecule has 0 radical (unpaired) electrons. The molecule has 1 aromatic carbocycles. The summed E-state index contributed by atoms with van der Waals surface area (Å²) in [7, 11) is 0. The van der Waals surface area contributed by atoms with Gasteiger partial charge in [0.25, 0.3) is 5.91 Å². The van der Waals surface area contributed by atoms with Gasteiger partial charge in [0.2, 0.25) is 0 Å². The topological polar surface area (TPSA) is 74.5 Å². The highest BCUT2D eigenvalue weighted by Gasteiger charge is 2.23. The number of furan rings is 1. The summed E-state index contributed by atoms with van der Waals surface area (Å²) in [6.07, 6.45) is 2.39. The van der Waals surface area contributed by atoms with Crippen molar-refractivity contribution in [3.05, 3.63) is 65.5 Å². The third-order valence-electron chi connectivity index (χ3n) is 6.58. The standard InChI is InChI=1S/C27H32FN5O2S/c1-18(2)22-15-25(33-13-11-32(12-14-33)23-6-4-3-5-21(23)28)31-27(30-22)36-17-20-9-10-24(35-20)26(34)29-16-19-7-8-19/h3-6,9-10,15,18-19H,7-8,11-14,16-17H2,1-2H3,(H,29,34). The van der Waals surface area contributed by atoms with E-state index < -0.39 is 0 Å². The Morgan fingerprint density at radius 3 is 2.58 bits per heavy atom. The average molecular weight is 510 g/mol. The van der Waals surface area contributed by atoms with E-state index >= 15 is 0 Å². The first-order chi connectivity index (χ1) is 17.5. The SMILES string of the molecule is CC(C)c1cc(N2CCN(c3ccccc3F)CC2)nc(SCc2ccc(C(=O)NCC3CC3)o2)n1. The Morgan fingerprint density at radius 2 is 1.86 bits per heavy atom. The number of nitrogens with one attached hydrogen (secondary N) is 1. The van der Waals surface area contributed by atoms with Crippen molar-refractivity contribution in [3.8, 4) is 0 Å². The predicted octanol–water partition coefficient (Wildman–Crippen LogP) is 5.09. The van der Waals surface area contributed by atoms with E-state index in [-0.39, 0.29) is 17.6 Å². The molecule has 2 fully saturated rings. The number of halogens is 1. The smallest absolute Gasteiger partial charge is 0.287 e. The number of piperazine rings is 1. The lowest BCUT2D eigenvalue weighted by Crippen LogP contribution is -2.47. The molecular formula is C27H32FN5O2S. The van der Waals surface area contributed by atoms with Crippen LogP contribution < -0.4 is 15.1 Å². The number of rotatable bonds is 9. The van der Waals surface area contributed by atoms with Crippen LogP contribution in [0.5, 0.6) is 0 Å². The predicted molar refractivity (Wildman–Crippen MR) is 140 cm³/mol. The molecule has 9 heteroatoms. The molecule has 0 unspecified atom stereocenters. The van der Waals surface area contributed by atoms with Crippen LogP contribution in [-0.4, -0.2) is 48.6 Å². The number of nitrogens with zero attached hydrogens (tertiary/aromatic N) is 4. The summed E-state index contributed by atoms with van der Waals surface area (Å²) in [6.45, 7) is 7.92. The summed E-state index contributed by atoms with van der Waals surface area (Å²) in [5, 5.41) is 3.62. The third kappa shape index (κ3) is 6.00. The number of thioether (sulfide) groups is 1. The lowest BCUT2D eigenvalue weighted by Gasteiger charge is -2.37. The first-order valence-electron chi connectivity index (χ1n) is 12.6. The Morgan fingerprint density at radius 1 is 1.11 bits per heavy atom. The van der Waals surface area contributed by atoms with Gasteiger partial charge in [-0.1, -0.05) is 37.7 Å². The molecule has 0 spiro atoms. The molecule has 2 aliphatic rings. The van der Waals surface area contributed by atoms with Gasteiger partial charge in [-0.3, -0.25) is 4.79 Å². The molecule has 0 atom stereocenters.